The van der Waals surface area contributed by atoms with Crippen molar-refractivity contribution >= 4 is 37.4 Å². The highest BCUT2D eigenvalue weighted by Crippen LogP contribution is 2.25. The highest BCUT2D eigenvalue weighted by Gasteiger charge is 2.22. The summed E-state index contributed by atoms with van der Waals surface area (Å²) >= 11 is 0. The fraction of sp³-hybridized carbons (Fsp3) is 0. The molecular formula is C8H6ClNO6S. The number of halogens is 1. The Hall–Kier alpha value is -1.80. The Morgan fingerprint density at radius 1 is 1.12 bits per heavy atom. The number of nitrogens with two attached hydrogens (primary N) is 1. The first-order valence-corrected chi connectivity index (χ1v) is 6.30. The number of anilines is 1. The molecule has 0 saturated carbocycles. The van der Waals surface area contributed by atoms with Gasteiger partial charge in [0.05, 0.1) is 21.7 Å². The first-order chi connectivity index (χ1) is 7.64. The fourth-order valence-electron chi connectivity index (χ4n) is 1.12. The summed E-state index contributed by atoms with van der Waals surface area (Å²) in [7, 11) is 0.768. The average Bonchev–Trinajstić information content (AvgIpc) is 2.14. The third-order valence-corrected chi connectivity index (χ3v) is 3.23. The van der Waals surface area contributed by atoms with Crippen LogP contribution in [0.1, 0.15) is 20.7 Å². The molecule has 7 nitrogen and oxygen atoms in total. The smallest absolute Gasteiger partial charge is 0.337 e. The number of nitrogen functional groups attached to an aromatic ring is 1. The van der Waals surface area contributed by atoms with Crippen LogP contribution in [0.2, 0.25) is 0 Å². The number of rotatable bonds is 3. The Morgan fingerprint density at radius 3 is 1.71 bits per heavy atom. The van der Waals surface area contributed by atoms with Gasteiger partial charge in [0, 0.05) is 10.7 Å². The molecule has 0 fully saturated rings. The van der Waals surface area contributed by atoms with Gasteiger partial charge in [0.1, 0.15) is 0 Å². The molecule has 0 aliphatic rings. The lowest BCUT2D eigenvalue weighted by molar-refractivity contribution is 0.0696. The largest absolute Gasteiger partial charge is 0.478 e. The SMILES string of the molecule is Nc1c(C(=O)O)cc(S(=O)(=O)Cl)cc1C(=O)O. The van der Waals surface area contributed by atoms with Crippen molar-refractivity contribution < 1.29 is 28.2 Å². The molecule has 0 spiro atoms. The van der Waals surface area contributed by atoms with Crippen LogP contribution in [0.4, 0.5) is 5.69 Å². The number of hydrogen-bond donors (Lipinski definition) is 3. The van der Waals surface area contributed by atoms with Crippen LogP contribution in [0, 0.1) is 0 Å². The van der Waals surface area contributed by atoms with E-state index in [-0.39, 0.29) is 0 Å². The van der Waals surface area contributed by atoms with Gasteiger partial charge in [0.25, 0.3) is 9.05 Å². The fourth-order valence-corrected chi connectivity index (χ4v) is 1.91. The first kappa shape index (κ1) is 13.3. The number of hydrogen-bond acceptors (Lipinski definition) is 5. The summed E-state index contributed by atoms with van der Waals surface area (Å²) in [4.78, 5) is 20.9. The molecule has 1 aromatic carbocycles. The molecule has 1 rings (SSSR count). The van der Waals surface area contributed by atoms with Gasteiger partial charge in [0.15, 0.2) is 0 Å². The molecule has 0 amide bonds. The van der Waals surface area contributed by atoms with Gasteiger partial charge < -0.3 is 15.9 Å². The normalized spacial score (nSPS) is 11.1. The van der Waals surface area contributed by atoms with E-state index >= 15 is 0 Å². The third-order valence-electron chi connectivity index (χ3n) is 1.90. The Balaban J connectivity index is 3.71. The lowest BCUT2D eigenvalue weighted by atomic mass is 10.1. The van der Waals surface area contributed by atoms with Crippen LogP contribution in [-0.2, 0) is 9.05 Å². The van der Waals surface area contributed by atoms with E-state index in [1.54, 1.807) is 0 Å². The van der Waals surface area contributed by atoms with Crippen molar-refractivity contribution in [3.05, 3.63) is 23.3 Å². The molecule has 92 valence electrons. The van der Waals surface area contributed by atoms with Crippen molar-refractivity contribution in [3.8, 4) is 0 Å². The summed E-state index contributed by atoms with van der Waals surface area (Å²) in [6, 6.07) is 1.40. The van der Waals surface area contributed by atoms with E-state index in [0.717, 1.165) is 0 Å². The van der Waals surface area contributed by atoms with E-state index in [9.17, 15) is 18.0 Å². The van der Waals surface area contributed by atoms with E-state index < -0.39 is 42.7 Å². The zero-order chi connectivity index (χ0) is 13.4. The van der Waals surface area contributed by atoms with Gasteiger partial charge in [0.2, 0.25) is 0 Å². The highest BCUT2D eigenvalue weighted by atomic mass is 35.7. The van der Waals surface area contributed by atoms with E-state index in [4.69, 9.17) is 26.6 Å². The summed E-state index contributed by atoms with van der Waals surface area (Å²) in [5.41, 5.74) is 3.49. The maximum Gasteiger partial charge on any atom is 0.337 e. The maximum atomic E-state index is 11.0. The summed E-state index contributed by atoms with van der Waals surface area (Å²) in [6.45, 7) is 0. The molecule has 1 aromatic rings. The molecule has 9 heteroatoms. The van der Waals surface area contributed by atoms with Gasteiger partial charge in [-0.3, -0.25) is 0 Å². The Kier molecular flexibility index (Phi) is 3.30. The second kappa shape index (κ2) is 4.22. The Labute approximate surface area is 99.8 Å². The number of carboxylic acid groups (broad SMARTS) is 2. The minimum absolute atomic E-state index is 0.533. The molecule has 4 N–H and O–H groups in total. The number of benzene rings is 1. The molecule has 0 unspecified atom stereocenters. The molecule has 0 aliphatic carbocycles. The van der Waals surface area contributed by atoms with Crippen LogP contribution in [0.5, 0.6) is 0 Å². The van der Waals surface area contributed by atoms with Crippen molar-refractivity contribution in [1.82, 2.24) is 0 Å². The molecular weight excluding hydrogens is 274 g/mol. The molecule has 0 saturated heterocycles. The van der Waals surface area contributed by atoms with E-state index in [1.165, 1.54) is 0 Å². The number of carbonyl (C=O) groups is 2. The quantitative estimate of drug-likeness (QED) is 0.544. The van der Waals surface area contributed by atoms with Crippen LogP contribution < -0.4 is 5.73 Å². The summed E-state index contributed by atoms with van der Waals surface area (Å²) in [5.74, 6) is -3.10. The molecule has 0 aromatic heterocycles. The van der Waals surface area contributed by atoms with Crippen LogP contribution in [0.3, 0.4) is 0 Å². The number of aromatic carboxylic acids is 2. The van der Waals surface area contributed by atoms with Gasteiger partial charge in [-0.25, -0.2) is 18.0 Å². The van der Waals surface area contributed by atoms with Gasteiger partial charge in [-0.1, -0.05) is 0 Å². The van der Waals surface area contributed by atoms with Gasteiger partial charge >= 0.3 is 11.9 Å². The lowest BCUT2D eigenvalue weighted by Gasteiger charge is -2.07. The molecule has 0 atom stereocenters. The van der Waals surface area contributed by atoms with Crippen molar-refractivity contribution in [2.24, 2.45) is 0 Å². The Morgan fingerprint density at radius 2 is 1.47 bits per heavy atom. The minimum atomic E-state index is -4.24. The standard InChI is InChI=1S/C8H6ClNO6S/c9-17(15,16)3-1-4(7(11)12)6(10)5(2-3)8(13)14/h1-2H,10H2,(H,11,12)(H,13,14). The van der Waals surface area contributed by atoms with Crippen molar-refractivity contribution in [2.75, 3.05) is 5.73 Å². The summed E-state index contributed by atoms with van der Waals surface area (Å²) in [5, 5.41) is 17.5. The summed E-state index contributed by atoms with van der Waals surface area (Å²) < 4.78 is 22.1. The first-order valence-electron chi connectivity index (χ1n) is 3.99. The third kappa shape index (κ3) is 2.66. The van der Waals surface area contributed by atoms with Crippen LogP contribution in [0.25, 0.3) is 0 Å². The van der Waals surface area contributed by atoms with Crippen LogP contribution in [0.15, 0.2) is 17.0 Å². The van der Waals surface area contributed by atoms with E-state index in [2.05, 4.69) is 0 Å². The molecule has 0 bridgehead atoms. The molecule has 0 aliphatic heterocycles. The van der Waals surface area contributed by atoms with Gasteiger partial charge in [-0.2, -0.15) is 0 Å². The zero-order valence-electron chi connectivity index (χ0n) is 8.05. The van der Waals surface area contributed by atoms with Crippen molar-refractivity contribution in [1.29, 1.82) is 0 Å². The van der Waals surface area contributed by atoms with Crippen molar-refractivity contribution in [2.45, 2.75) is 4.90 Å². The predicted molar refractivity (Wildman–Crippen MR) is 57.8 cm³/mol. The average molecular weight is 280 g/mol. The van der Waals surface area contributed by atoms with Crippen molar-refractivity contribution in [3.63, 3.8) is 0 Å². The topological polar surface area (TPSA) is 135 Å². The number of carboxylic acids is 2. The van der Waals surface area contributed by atoms with Gasteiger partial charge in [-0.05, 0) is 12.1 Å². The van der Waals surface area contributed by atoms with Crippen LogP contribution in [-0.4, -0.2) is 30.6 Å². The van der Waals surface area contributed by atoms with Crippen LogP contribution >= 0.6 is 10.7 Å². The molecule has 0 heterocycles. The van der Waals surface area contributed by atoms with E-state index in [1.807, 2.05) is 0 Å². The molecule has 17 heavy (non-hydrogen) atoms. The van der Waals surface area contributed by atoms with Gasteiger partial charge in [-0.15, -0.1) is 0 Å². The highest BCUT2D eigenvalue weighted by molar-refractivity contribution is 8.13. The van der Waals surface area contributed by atoms with E-state index in [0.29, 0.717) is 12.1 Å². The molecule has 0 radical (unpaired) electrons. The summed E-state index contributed by atoms with van der Waals surface area (Å²) in [6.07, 6.45) is 0. The second-order valence-corrected chi connectivity index (χ2v) is 5.55. The zero-order valence-corrected chi connectivity index (χ0v) is 9.62. The Bertz CT molecular complexity index is 573. The predicted octanol–water partition coefficient (Wildman–Crippen LogP) is 0.593. The lowest BCUT2D eigenvalue weighted by Crippen LogP contribution is -2.11. The monoisotopic (exact) mass is 279 g/mol. The second-order valence-electron chi connectivity index (χ2n) is 2.98. The maximum absolute atomic E-state index is 11.0. The minimum Gasteiger partial charge on any atom is -0.478 e.